The second kappa shape index (κ2) is 11.3. The minimum absolute atomic E-state index is 0.0793. The highest BCUT2D eigenvalue weighted by atomic mass is 31.2. The van der Waals surface area contributed by atoms with Crippen molar-refractivity contribution in [2.45, 2.75) is 0 Å². The average molecular weight is 442 g/mol. The van der Waals surface area contributed by atoms with E-state index < -0.39 is 6.89 Å². The molecule has 0 atom stereocenters. The summed E-state index contributed by atoms with van der Waals surface area (Å²) in [4.78, 5) is 10.9. The molecule has 1 heterocycles. The number of fused-ring (bicyclic) bond motifs is 1. The topological polar surface area (TPSA) is 46.5 Å². The van der Waals surface area contributed by atoms with Crippen molar-refractivity contribution in [2.75, 3.05) is 13.7 Å². The molecule has 4 aromatic rings. The zero-order valence-electron chi connectivity index (χ0n) is 18.1. The van der Waals surface area contributed by atoms with Crippen LogP contribution in [0.1, 0.15) is 10.4 Å². The Bertz CT molecular complexity index is 1070. The predicted octanol–water partition coefficient (Wildman–Crippen LogP) is 4.28. The van der Waals surface area contributed by atoms with Crippen molar-refractivity contribution >= 4 is 34.9 Å². The van der Waals surface area contributed by atoms with Gasteiger partial charge in [0.05, 0.1) is 5.56 Å². The van der Waals surface area contributed by atoms with Gasteiger partial charge >= 0.3 is 0 Å². The maximum atomic E-state index is 10.9. The molecule has 0 fully saturated rings. The predicted molar refractivity (Wildman–Crippen MR) is 137 cm³/mol. The molecule has 162 valence electrons. The minimum atomic E-state index is -1.78. The molecule has 1 aliphatic rings. The van der Waals surface area contributed by atoms with E-state index in [2.05, 4.69) is 91.0 Å². The first kappa shape index (κ1) is 23.3. The van der Waals surface area contributed by atoms with Crippen molar-refractivity contribution in [1.29, 1.82) is 0 Å². The molecule has 3 nitrogen and oxygen atoms in total. The maximum Gasteiger partial charge on any atom is 0.203 e. The lowest BCUT2D eigenvalue weighted by atomic mass is 10.2. The van der Waals surface area contributed by atoms with Gasteiger partial charge in [-0.25, -0.2) is 0 Å². The molecule has 0 radical (unpaired) electrons. The third kappa shape index (κ3) is 5.08. The van der Waals surface area contributed by atoms with E-state index in [0.717, 1.165) is 7.11 Å². The summed E-state index contributed by atoms with van der Waals surface area (Å²) < 4.78 is 5.06. The van der Waals surface area contributed by atoms with E-state index >= 15 is 0 Å². The lowest BCUT2D eigenvalue weighted by molar-refractivity contribution is 0.0961. The molecule has 4 heteroatoms. The highest BCUT2D eigenvalue weighted by Gasteiger charge is 2.21. The van der Waals surface area contributed by atoms with Gasteiger partial charge in [0.15, 0.2) is 6.61 Å². The number of carbonyl (C=O) groups excluding carboxylic acids is 1. The third-order valence-corrected chi connectivity index (χ3v) is 8.68. The Morgan fingerprint density at radius 3 is 1.44 bits per heavy atom. The summed E-state index contributed by atoms with van der Waals surface area (Å²) in [6, 6.07) is 39.2. The second-order valence-electron chi connectivity index (χ2n) is 7.02. The highest BCUT2D eigenvalue weighted by molar-refractivity contribution is 7.93. The molecule has 32 heavy (non-hydrogen) atoms. The minimum Gasteiger partial charge on any atom is -0.485 e. The van der Waals surface area contributed by atoms with Crippen molar-refractivity contribution in [3.63, 3.8) is 0 Å². The van der Waals surface area contributed by atoms with Crippen LogP contribution in [0.2, 0.25) is 0 Å². The van der Waals surface area contributed by atoms with Gasteiger partial charge in [-0.05, 0) is 34.9 Å². The van der Waals surface area contributed by atoms with Crippen LogP contribution >= 0.6 is 6.89 Å². The lowest BCUT2D eigenvalue weighted by Gasteiger charge is -2.26. The second-order valence-corrected chi connectivity index (χ2v) is 10.2. The number of carbonyl (C=O) groups is 1. The van der Waals surface area contributed by atoms with E-state index in [-0.39, 0.29) is 12.4 Å². The van der Waals surface area contributed by atoms with Crippen LogP contribution < -0.4 is 20.7 Å². The molecule has 0 saturated carbocycles. The molecule has 0 bridgehead atoms. The van der Waals surface area contributed by atoms with Crippen LogP contribution in [0.5, 0.6) is 5.75 Å². The van der Waals surface area contributed by atoms with Crippen LogP contribution in [0.4, 0.5) is 0 Å². The summed E-state index contributed by atoms with van der Waals surface area (Å²) >= 11 is 0. The summed E-state index contributed by atoms with van der Waals surface area (Å²) in [7, 11) is 1.00. The third-order valence-electron chi connectivity index (χ3n) is 5.14. The Morgan fingerprint density at radius 1 is 0.656 bits per heavy atom. The molecule has 0 spiro atoms. The molecule has 0 aliphatic carbocycles. The molecule has 4 aromatic carbocycles. The Hall–Kier alpha value is -3.39. The van der Waals surface area contributed by atoms with E-state index in [0.29, 0.717) is 11.3 Å². The number of ketones is 1. The zero-order chi connectivity index (χ0) is 22.8. The van der Waals surface area contributed by atoms with Gasteiger partial charge in [0, 0.05) is 7.11 Å². The van der Waals surface area contributed by atoms with Crippen molar-refractivity contribution in [3.05, 3.63) is 121 Å². The summed E-state index contributed by atoms with van der Waals surface area (Å²) in [5, 5.41) is 11.0. The van der Waals surface area contributed by atoms with Gasteiger partial charge in [-0.2, -0.15) is 0 Å². The number of hydrogen-bond acceptors (Lipinski definition) is 3. The van der Waals surface area contributed by atoms with Crippen LogP contribution in [-0.4, -0.2) is 30.9 Å². The normalized spacial score (nSPS) is 11.8. The molecular formula is C28H27O3P. The first-order valence-corrected chi connectivity index (χ1v) is 12.3. The average Bonchev–Trinajstić information content (AvgIpc) is 3.27. The highest BCUT2D eigenvalue weighted by Crippen LogP contribution is 2.41. The van der Waals surface area contributed by atoms with Gasteiger partial charge in [-0.3, -0.25) is 4.79 Å². The number of aliphatic hydroxyl groups is 1. The zero-order valence-corrected chi connectivity index (χ0v) is 19.0. The van der Waals surface area contributed by atoms with E-state index in [4.69, 9.17) is 16.1 Å². The fourth-order valence-corrected chi connectivity index (χ4v) is 6.48. The van der Waals surface area contributed by atoms with Gasteiger partial charge in [0.25, 0.3) is 0 Å². The van der Waals surface area contributed by atoms with Crippen molar-refractivity contribution < 1.29 is 14.6 Å². The summed E-state index contributed by atoms with van der Waals surface area (Å²) in [5.41, 5.74) is 0.711. The molecule has 1 N–H and O–H groups in total. The van der Waals surface area contributed by atoms with Crippen LogP contribution in [0.15, 0.2) is 115 Å². The van der Waals surface area contributed by atoms with E-state index in [9.17, 15) is 4.79 Å². The van der Waals surface area contributed by atoms with Gasteiger partial charge in [-0.1, -0.05) is 109 Å². The number of benzene rings is 4. The smallest absolute Gasteiger partial charge is 0.203 e. The van der Waals surface area contributed by atoms with Crippen molar-refractivity contribution in [1.82, 2.24) is 0 Å². The first-order valence-electron chi connectivity index (χ1n) is 10.3. The molecule has 0 amide bonds. The summed E-state index contributed by atoms with van der Waals surface area (Å²) in [6.07, 6.45) is 4.69. The SMILES string of the molecule is C=P(c1ccccc1)(c1ccccc1)c1ccccc1.CO.O=C1COc2ccccc21. The van der Waals surface area contributed by atoms with Gasteiger partial charge < -0.3 is 9.84 Å². The number of rotatable bonds is 3. The monoisotopic (exact) mass is 442 g/mol. The van der Waals surface area contributed by atoms with Crippen LogP contribution in [0, 0.1) is 0 Å². The van der Waals surface area contributed by atoms with E-state index in [1.165, 1.54) is 15.9 Å². The van der Waals surface area contributed by atoms with Crippen LogP contribution in [0.25, 0.3) is 0 Å². The quantitative estimate of drug-likeness (QED) is 0.482. The Kier molecular flexibility index (Phi) is 8.21. The maximum absolute atomic E-state index is 10.9. The largest absolute Gasteiger partial charge is 0.485 e. The van der Waals surface area contributed by atoms with Crippen molar-refractivity contribution in [3.8, 4) is 5.75 Å². The molecule has 5 rings (SSSR count). The summed E-state index contributed by atoms with van der Waals surface area (Å²) in [5.74, 6) is 0.795. The van der Waals surface area contributed by atoms with Crippen molar-refractivity contribution in [2.24, 2.45) is 0 Å². The molecule has 0 saturated heterocycles. The number of ether oxygens (including phenoxy) is 1. The number of Topliss-reactive ketones (excluding diaryl/α,β-unsaturated/α-hetero) is 1. The Labute approximate surface area is 189 Å². The number of hydrogen-bond donors (Lipinski definition) is 1. The molecule has 0 unspecified atom stereocenters. The van der Waals surface area contributed by atoms with Gasteiger partial charge in [0.1, 0.15) is 5.75 Å². The van der Waals surface area contributed by atoms with Gasteiger partial charge in [0.2, 0.25) is 5.78 Å². The van der Waals surface area contributed by atoms with Crippen LogP contribution in [-0.2, 0) is 0 Å². The number of aliphatic hydroxyl groups excluding tert-OH is 1. The van der Waals surface area contributed by atoms with E-state index in [1.807, 2.05) is 12.1 Å². The first-order chi connectivity index (χ1) is 15.7. The molecule has 1 aliphatic heterocycles. The Morgan fingerprint density at radius 2 is 1.03 bits per heavy atom. The Balaban J connectivity index is 0.000000201. The number of para-hydroxylation sites is 1. The summed E-state index contributed by atoms with van der Waals surface area (Å²) in [6.45, 7) is -1.57. The van der Waals surface area contributed by atoms with E-state index in [1.54, 1.807) is 12.1 Å². The molecular weight excluding hydrogens is 415 g/mol. The van der Waals surface area contributed by atoms with Crippen LogP contribution in [0.3, 0.4) is 0 Å². The fraction of sp³-hybridized carbons (Fsp3) is 0.0714. The fourth-order valence-electron chi connectivity index (χ4n) is 3.54. The standard InChI is InChI=1S/C19H17P.C8H6O2.CH4O/c1-20(17-11-5-2-6-12-17,18-13-7-3-8-14-18)19-15-9-4-10-16-19;9-7-5-10-8-4-2-1-3-6(7)8;1-2/h2-16H,1H2;1-4H,5H2;2H,1H3. The molecule has 0 aromatic heterocycles. The lowest BCUT2D eigenvalue weighted by Crippen LogP contribution is -2.25. The van der Waals surface area contributed by atoms with Gasteiger partial charge in [-0.15, -0.1) is 0 Å².